The van der Waals surface area contributed by atoms with Crippen LogP contribution in [0.5, 0.6) is 0 Å². The van der Waals surface area contributed by atoms with Gasteiger partial charge in [0.2, 0.25) is 24.6 Å². The van der Waals surface area contributed by atoms with Crippen molar-refractivity contribution in [2.75, 3.05) is 0 Å². The summed E-state index contributed by atoms with van der Waals surface area (Å²) in [6, 6.07) is 0. The summed E-state index contributed by atoms with van der Waals surface area (Å²) in [7, 11) is 0. The summed E-state index contributed by atoms with van der Waals surface area (Å²) in [4.78, 5) is 11.3. The van der Waals surface area contributed by atoms with Gasteiger partial charge in [0.25, 0.3) is 10.3 Å². The smallest absolute Gasteiger partial charge is 0.263 e. The van der Waals surface area contributed by atoms with Crippen molar-refractivity contribution in [1.82, 2.24) is 0 Å². The largest absolute Gasteiger partial charge is 0.368 e. The van der Waals surface area contributed by atoms with Gasteiger partial charge in [-0.05, 0) is 0 Å². The SMILES string of the molecule is [2H]C(=O)C(Cl)(Cl)C1(O)O[C@](Cl)(C(O)(Cl)Cl)[C@](O)(Cl)[C@@](O)(Cl)[C@]1(O)Cl. The van der Waals surface area contributed by atoms with Crippen LogP contribution >= 0.6 is 92.8 Å². The minimum absolute atomic E-state index is 2.05. The van der Waals surface area contributed by atoms with Gasteiger partial charge in [0.15, 0.2) is 6.26 Å². The van der Waals surface area contributed by atoms with Crippen molar-refractivity contribution in [3.05, 3.63) is 0 Å². The third kappa shape index (κ3) is 2.68. The van der Waals surface area contributed by atoms with E-state index in [0.29, 0.717) is 0 Å². The molecule has 15 heteroatoms. The fourth-order valence-corrected chi connectivity index (χ4v) is 3.73. The van der Waals surface area contributed by atoms with Gasteiger partial charge in [-0.2, -0.15) is 0 Å². The number of aldehydes is 1. The van der Waals surface area contributed by atoms with Gasteiger partial charge in [0.05, 0.1) is 0 Å². The Labute approximate surface area is 169 Å². The molecule has 7 nitrogen and oxygen atoms in total. The fraction of sp³-hybridized carbons (Fsp3) is 0.875. The second-order valence-corrected chi connectivity index (χ2v) is 9.21. The molecule has 1 aliphatic heterocycles. The van der Waals surface area contributed by atoms with E-state index in [1.54, 1.807) is 0 Å². The number of alkyl halides is 8. The molecular formula is C8H6Cl8O7. The number of aliphatic hydroxyl groups is 5. The van der Waals surface area contributed by atoms with Gasteiger partial charge in [-0.15, -0.1) is 0 Å². The Bertz CT molecular complexity index is 563. The zero-order chi connectivity index (χ0) is 19.8. The average molecular weight is 499 g/mol. The number of hydrogen-bond acceptors (Lipinski definition) is 7. The molecule has 1 saturated heterocycles. The van der Waals surface area contributed by atoms with Crippen LogP contribution in [0.4, 0.5) is 0 Å². The monoisotopic (exact) mass is 495 g/mol. The fourth-order valence-electron chi connectivity index (χ4n) is 1.60. The normalized spacial score (nSPS) is 49.7. The lowest BCUT2D eigenvalue weighted by molar-refractivity contribution is -0.401. The Kier molecular flexibility index (Phi) is 5.38. The molecule has 1 aliphatic rings. The molecule has 0 amide bonds. The van der Waals surface area contributed by atoms with Crippen molar-refractivity contribution < 1.29 is 36.4 Å². The lowest BCUT2D eigenvalue weighted by Gasteiger charge is -2.61. The molecule has 1 rings (SSSR count). The number of carbonyl (C=O) groups is 1. The van der Waals surface area contributed by atoms with E-state index in [2.05, 4.69) is 4.74 Å². The second kappa shape index (κ2) is 5.87. The Morgan fingerprint density at radius 2 is 1.30 bits per heavy atom. The highest BCUT2D eigenvalue weighted by Crippen LogP contribution is 2.66. The summed E-state index contributed by atoms with van der Waals surface area (Å²) in [5.41, 5.74) is 0. The molecule has 0 radical (unpaired) electrons. The van der Waals surface area contributed by atoms with Gasteiger partial charge in [-0.3, -0.25) is 4.79 Å². The first-order valence-corrected chi connectivity index (χ1v) is 8.02. The van der Waals surface area contributed by atoms with Crippen LogP contribution in [0.15, 0.2) is 0 Å². The molecule has 136 valence electrons. The molecule has 0 saturated carbocycles. The van der Waals surface area contributed by atoms with E-state index >= 15 is 0 Å². The standard InChI is InChI=1S/C8H6Cl8O7/c9-2(10,1-17)7(21)5(13,20)3(11,18)4(12,19)6(14,23-7)8(15,16)22/h1,18-22H/t3-,4-,5+,6-,7?/m0/s1/i1D. The molecule has 0 bridgehead atoms. The zero-order valence-electron chi connectivity index (χ0n) is 11.1. The topological polar surface area (TPSA) is 127 Å². The zero-order valence-corrected chi connectivity index (χ0v) is 16.1. The molecule has 1 unspecified atom stereocenters. The van der Waals surface area contributed by atoms with Crippen molar-refractivity contribution in [3.63, 3.8) is 0 Å². The molecule has 23 heavy (non-hydrogen) atoms. The molecule has 1 fully saturated rings. The molecule has 0 aromatic heterocycles. The average Bonchev–Trinajstić information content (AvgIpc) is 2.34. The van der Waals surface area contributed by atoms with Gasteiger partial charge < -0.3 is 30.3 Å². The summed E-state index contributed by atoms with van der Waals surface area (Å²) >= 11 is 43.7. The van der Waals surface area contributed by atoms with E-state index in [0.717, 1.165) is 0 Å². The highest BCUT2D eigenvalue weighted by Gasteiger charge is 2.88. The number of halogens is 8. The van der Waals surface area contributed by atoms with Gasteiger partial charge in [-0.25, -0.2) is 0 Å². The maximum Gasteiger partial charge on any atom is 0.263 e. The Hall–Kier alpha value is 1.75. The third-order valence-corrected chi connectivity index (χ3v) is 6.91. The van der Waals surface area contributed by atoms with Crippen LogP contribution in [0.1, 0.15) is 1.37 Å². The maximum absolute atomic E-state index is 11.3. The van der Waals surface area contributed by atoms with E-state index in [1.807, 2.05) is 0 Å². The van der Waals surface area contributed by atoms with Crippen LogP contribution in [0.2, 0.25) is 0 Å². The van der Waals surface area contributed by atoms with Crippen LogP contribution in [-0.2, 0) is 9.53 Å². The number of rotatable bonds is 3. The van der Waals surface area contributed by atoms with Crippen molar-refractivity contribution in [3.8, 4) is 0 Å². The number of carbonyl (C=O) groups excluding carboxylic acids is 1. The molecule has 0 aromatic rings. The van der Waals surface area contributed by atoms with Gasteiger partial charge >= 0.3 is 0 Å². The highest BCUT2D eigenvalue weighted by molar-refractivity contribution is 6.58. The third-order valence-electron chi connectivity index (χ3n) is 2.98. The predicted octanol–water partition coefficient (Wildman–Crippen LogP) is 0.919. The van der Waals surface area contributed by atoms with E-state index < -0.39 is 41.1 Å². The molecule has 5 N–H and O–H groups in total. The lowest BCUT2D eigenvalue weighted by Crippen LogP contribution is -2.86. The van der Waals surface area contributed by atoms with Crippen molar-refractivity contribution in [2.45, 2.75) is 34.9 Å². The van der Waals surface area contributed by atoms with E-state index in [-0.39, 0.29) is 0 Å². The quantitative estimate of drug-likeness (QED) is 0.289. The van der Waals surface area contributed by atoms with Gasteiger partial charge in [0, 0.05) is 0 Å². The Morgan fingerprint density at radius 3 is 1.61 bits per heavy atom. The van der Waals surface area contributed by atoms with Crippen molar-refractivity contribution >= 4 is 99.1 Å². The minimum Gasteiger partial charge on any atom is -0.368 e. The van der Waals surface area contributed by atoms with E-state index in [4.69, 9.17) is 94.2 Å². The van der Waals surface area contributed by atoms with Crippen molar-refractivity contribution in [1.29, 1.82) is 0 Å². The Morgan fingerprint density at radius 1 is 0.913 bits per heavy atom. The maximum atomic E-state index is 11.3. The minimum atomic E-state index is -4.00. The second-order valence-electron chi connectivity index (χ2n) is 4.43. The summed E-state index contributed by atoms with van der Waals surface area (Å²) in [5, 5.41) is 35.4. The van der Waals surface area contributed by atoms with Crippen LogP contribution in [-0.4, -0.2) is 66.7 Å². The van der Waals surface area contributed by atoms with Gasteiger partial charge in [0.1, 0.15) is 1.37 Å². The summed E-state index contributed by atoms with van der Waals surface area (Å²) in [5.74, 6) is -4.00. The van der Waals surface area contributed by atoms with Crippen LogP contribution in [0, 0.1) is 0 Å². The number of hydrogen-bond donors (Lipinski definition) is 5. The van der Waals surface area contributed by atoms with Crippen LogP contribution in [0.25, 0.3) is 0 Å². The molecule has 0 aliphatic carbocycles. The van der Waals surface area contributed by atoms with Crippen molar-refractivity contribution in [2.24, 2.45) is 0 Å². The first-order valence-electron chi connectivity index (χ1n) is 5.49. The summed E-state index contributed by atoms with van der Waals surface area (Å²) in [6.45, 7) is 0. The summed E-state index contributed by atoms with van der Waals surface area (Å²) in [6.07, 6.45) is -2.05. The first kappa shape index (κ1) is 21.1. The lowest BCUT2D eigenvalue weighted by atomic mass is 9.88. The van der Waals surface area contributed by atoms with E-state index in [9.17, 15) is 30.3 Å². The molecule has 1 heterocycles. The highest BCUT2D eigenvalue weighted by atomic mass is 35.5. The van der Waals surface area contributed by atoms with Crippen LogP contribution < -0.4 is 0 Å². The van der Waals surface area contributed by atoms with E-state index in [1.165, 1.54) is 0 Å². The molecular weight excluding hydrogens is 492 g/mol. The molecule has 0 spiro atoms. The van der Waals surface area contributed by atoms with Gasteiger partial charge in [-0.1, -0.05) is 92.8 Å². The first-order chi connectivity index (χ1) is 10.2. The Balaban J connectivity index is 3.89. The summed E-state index contributed by atoms with van der Waals surface area (Å²) < 4.78 is 4.44. The number of ether oxygens (including phenoxy) is 1. The molecule has 0 aromatic carbocycles. The molecule has 5 atom stereocenters. The predicted molar refractivity (Wildman–Crippen MR) is 84.2 cm³/mol. The van der Waals surface area contributed by atoms with Crippen LogP contribution in [0.3, 0.4) is 0 Å².